The van der Waals surface area contributed by atoms with Crippen LogP contribution in [0, 0.1) is 11.8 Å². The molecular formula is C14H26N2O. The Bertz CT molecular complexity index is 271. The number of rotatable bonds is 3. The molecule has 2 aliphatic rings. The molecule has 2 fully saturated rings. The van der Waals surface area contributed by atoms with Gasteiger partial charge in [0.25, 0.3) is 0 Å². The fourth-order valence-corrected chi connectivity index (χ4v) is 3.32. The molecular weight excluding hydrogens is 212 g/mol. The minimum atomic E-state index is 0.0904. The van der Waals surface area contributed by atoms with Crippen LogP contribution < -0.4 is 5.32 Å². The number of amides is 1. The van der Waals surface area contributed by atoms with Gasteiger partial charge in [0.15, 0.2) is 0 Å². The van der Waals surface area contributed by atoms with E-state index >= 15 is 0 Å². The molecule has 1 amide bonds. The number of carbonyl (C=O) groups is 1. The van der Waals surface area contributed by atoms with Gasteiger partial charge in [0.2, 0.25) is 5.91 Å². The second-order valence-electron chi connectivity index (χ2n) is 6.24. The predicted octanol–water partition coefficient (Wildman–Crippen LogP) is 2.02. The number of hydrogen-bond donors (Lipinski definition) is 1. The maximum Gasteiger partial charge on any atom is 0.237 e. The Morgan fingerprint density at radius 2 is 2.00 bits per heavy atom. The summed E-state index contributed by atoms with van der Waals surface area (Å²) in [6.45, 7) is 5.40. The second-order valence-corrected chi connectivity index (χ2v) is 6.24. The molecule has 98 valence electrons. The van der Waals surface area contributed by atoms with Crippen molar-refractivity contribution in [1.82, 2.24) is 10.2 Å². The van der Waals surface area contributed by atoms with Crippen LogP contribution >= 0.6 is 0 Å². The van der Waals surface area contributed by atoms with Gasteiger partial charge < -0.3 is 5.32 Å². The minimum Gasteiger partial charge on any atom is -0.350 e. The number of nitrogens with zero attached hydrogens (tertiary/aromatic N) is 1. The van der Waals surface area contributed by atoms with Crippen LogP contribution in [0.2, 0.25) is 0 Å². The van der Waals surface area contributed by atoms with Crippen LogP contribution in [0.5, 0.6) is 0 Å². The Kier molecular flexibility index (Phi) is 4.08. The van der Waals surface area contributed by atoms with Crippen LogP contribution in [0.3, 0.4) is 0 Å². The van der Waals surface area contributed by atoms with Gasteiger partial charge in [-0.1, -0.05) is 26.7 Å². The van der Waals surface area contributed by atoms with Crippen molar-refractivity contribution in [2.45, 2.75) is 58.0 Å². The molecule has 0 aromatic carbocycles. The number of carbonyl (C=O) groups excluding carboxylic acids is 1. The molecule has 0 aromatic rings. The molecule has 1 N–H and O–H groups in total. The van der Waals surface area contributed by atoms with Gasteiger partial charge in [-0.2, -0.15) is 0 Å². The van der Waals surface area contributed by atoms with Crippen molar-refractivity contribution in [2.24, 2.45) is 11.8 Å². The summed E-state index contributed by atoms with van der Waals surface area (Å²) in [5.41, 5.74) is 0. The van der Waals surface area contributed by atoms with Crippen molar-refractivity contribution in [1.29, 1.82) is 0 Å². The minimum absolute atomic E-state index is 0.0904. The monoisotopic (exact) mass is 238 g/mol. The van der Waals surface area contributed by atoms with Gasteiger partial charge in [-0.15, -0.1) is 0 Å². The number of hydrogen-bond acceptors (Lipinski definition) is 2. The van der Waals surface area contributed by atoms with E-state index in [1.54, 1.807) is 0 Å². The molecule has 0 spiro atoms. The lowest BCUT2D eigenvalue weighted by atomic mass is 9.92. The molecule has 17 heavy (non-hydrogen) atoms. The molecule has 2 rings (SSSR count). The van der Waals surface area contributed by atoms with Gasteiger partial charge in [-0.25, -0.2) is 0 Å². The van der Waals surface area contributed by atoms with Crippen LogP contribution in [0.25, 0.3) is 0 Å². The van der Waals surface area contributed by atoms with Gasteiger partial charge >= 0.3 is 0 Å². The molecule has 2 unspecified atom stereocenters. The molecule has 1 saturated carbocycles. The highest BCUT2D eigenvalue weighted by molar-refractivity contribution is 5.82. The SMILES string of the molecule is CC(C)CC1C(=O)NC(C2CCCC2)CN1C. The molecule has 0 bridgehead atoms. The summed E-state index contributed by atoms with van der Waals surface area (Å²) in [6, 6.07) is 0.492. The first-order chi connectivity index (χ1) is 8.08. The topological polar surface area (TPSA) is 32.3 Å². The molecule has 0 radical (unpaired) electrons. The van der Waals surface area contributed by atoms with E-state index < -0.39 is 0 Å². The van der Waals surface area contributed by atoms with Crippen LogP contribution in [-0.2, 0) is 4.79 Å². The van der Waals surface area contributed by atoms with E-state index in [0.717, 1.165) is 18.9 Å². The molecule has 2 atom stereocenters. The molecule has 3 nitrogen and oxygen atoms in total. The third-order valence-electron chi connectivity index (χ3n) is 4.31. The van der Waals surface area contributed by atoms with E-state index in [4.69, 9.17) is 0 Å². The van der Waals surface area contributed by atoms with Crippen molar-refractivity contribution >= 4 is 5.91 Å². The van der Waals surface area contributed by atoms with E-state index in [2.05, 4.69) is 31.1 Å². The number of piperazine rings is 1. The Morgan fingerprint density at radius 3 is 2.53 bits per heavy atom. The lowest BCUT2D eigenvalue weighted by molar-refractivity contribution is -0.131. The zero-order valence-electron chi connectivity index (χ0n) is 11.4. The number of nitrogens with one attached hydrogen (secondary N) is 1. The average Bonchev–Trinajstić information content (AvgIpc) is 2.76. The molecule has 1 saturated heterocycles. The average molecular weight is 238 g/mol. The highest BCUT2D eigenvalue weighted by Crippen LogP contribution is 2.30. The van der Waals surface area contributed by atoms with Crippen molar-refractivity contribution in [3.05, 3.63) is 0 Å². The quantitative estimate of drug-likeness (QED) is 0.816. The van der Waals surface area contributed by atoms with Crippen molar-refractivity contribution in [3.8, 4) is 0 Å². The third kappa shape index (κ3) is 3.01. The molecule has 3 heteroatoms. The summed E-state index contributed by atoms with van der Waals surface area (Å²) >= 11 is 0. The summed E-state index contributed by atoms with van der Waals surface area (Å²) in [4.78, 5) is 14.4. The van der Waals surface area contributed by atoms with E-state index in [9.17, 15) is 4.79 Å². The summed E-state index contributed by atoms with van der Waals surface area (Å²) in [5.74, 6) is 1.56. The maximum absolute atomic E-state index is 12.2. The van der Waals surface area contributed by atoms with Gasteiger partial charge in [-0.05, 0) is 38.1 Å². The molecule has 0 aromatic heterocycles. The van der Waals surface area contributed by atoms with Crippen LogP contribution in [-0.4, -0.2) is 36.5 Å². The largest absolute Gasteiger partial charge is 0.350 e. The first-order valence-corrected chi connectivity index (χ1v) is 7.08. The van der Waals surface area contributed by atoms with Crippen LogP contribution in [0.15, 0.2) is 0 Å². The highest BCUT2D eigenvalue weighted by atomic mass is 16.2. The Hall–Kier alpha value is -0.570. The van der Waals surface area contributed by atoms with Gasteiger partial charge in [0, 0.05) is 12.6 Å². The van der Waals surface area contributed by atoms with Crippen LogP contribution in [0.4, 0.5) is 0 Å². The first-order valence-electron chi connectivity index (χ1n) is 7.08. The fourth-order valence-electron chi connectivity index (χ4n) is 3.32. The standard InChI is InChI=1S/C14H26N2O/c1-10(2)8-13-14(17)15-12(9-16(13)3)11-6-4-5-7-11/h10-13H,4-9H2,1-3H3,(H,15,17). The zero-order valence-corrected chi connectivity index (χ0v) is 11.4. The summed E-state index contributed by atoms with van der Waals surface area (Å²) in [7, 11) is 2.10. The summed E-state index contributed by atoms with van der Waals surface area (Å²) in [5, 5.41) is 3.26. The van der Waals surface area contributed by atoms with Crippen molar-refractivity contribution in [2.75, 3.05) is 13.6 Å². The molecule has 1 heterocycles. The van der Waals surface area contributed by atoms with Crippen LogP contribution in [0.1, 0.15) is 46.0 Å². The smallest absolute Gasteiger partial charge is 0.237 e. The fraction of sp³-hybridized carbons (Fsp3) is 0.929. The normalized spacial score (nSPS) is 32.1. The Labute approximate surface area is 105 Å². The second kappa shape index (κ2) is 5.38. The lowest BCUT2D eigenvalue weighted by Crippen LogP contribution is -2.60. The zero-order chi connectivity index (χ0) is 12.4. The molecule has 1 aliphatic heterocycles. The number of likely N-dealkylation sites (N-methyl/N-ethyl adjacent to an activating group) is 1. The first kappa shape index (κ1) is 12.9. The lowest BCUT2D eigenvalue weighted by Gasteiger charge is -2.40. The van der Waals surface area contributed by atoms with E-state index in [-0.39, 0.29) is 11.9 Å². The van der Waals surface area contributed by atoms with Gasteiger partial charge in [-0.3, -0.25) is 9.69 Å². The van der Waals surface area contributed by atoms with E-state index in [1.807, 2.05) is 0 Å². The predicted molar refractivity (Wildman–Crippen MR) is 69.8 cm³/mol. The van der Waals surface area contributed by atoms with E-state index in [1.165, 1.54) is 25.7 Å². The summed E-state index contributed by atoms with van der Waals surface area (Å²) in [6.07, 6.45) is 6.26. The van der Waals surface area contributed by atoms with Crippen molar-refractivity contribution in [3.63, 3.8) is 0 Å². The highest BCUT2D eigenvalue weighted by Gasteiger charge is 2.36. The maximum atomic E-state index is 12.2. The van der Waals surface area contributed by atoms with Crippen molar-refractivity contribution < 1.29 is 4.79 Å². The molecule has 1 aliphatic carbocycles. The van der Waals surface area contributed by atoms with E-state index in [0.29, 0.717) is 12.0 Å². The Morgan fingerprint density at radius 1 is 1.35 bits per heavy atom. The van der Waals surface area contributed by atoms with Gasteiger partial charge in [0.05, 0.1) is 6.04 Å². The Balaban J connectivity index is 1.94. The van der Waals surface area contributed by atoms with Gasteiger partial charge in [0.1, 0.15) is 0 Å². The summed E-state index contributed by atoms with van der Waals surface area (Å²) < 4.78 is 0. The third-order valence-corrected chi connectivity index (χ3v) is 4.31.